The van der Waals surface area contributed by atoms with Crippen LogP contribution in [0.5, 0.6) is 0 Å². The Morgan fingerprint density at radius 3 is 2.64 bits per heavy atom. The van der Waals surface area contributed by atoms with Gasteiger partial charge in [0.25, 0.3) is 0 Å². The van der Waals surface area contributed by atoms with Gasteiger partial charge in [0, 0.05) is 0 Å². The minimum atomic E-state index is -0.0343. The van der Waals surface area contributed by atoms with E-state index in [4.69, 9.17) is 0 Å². The van der Waals surface area contributed by atoms with Crippen molar-refractivity contribution in [3.05, 3.63) is 77.3 Å². The van der Waals surface area contributed by atoms with Crippen LogP contribution in [-0.2, 0) is 11.3 Å². The maximum atomic E-state index is 12.5. The number of hydrogen-bond donors (Lipinski definition) is 1. The Morgan fingerprint density at radius 2 is 1.82 bits per heavy atom. The van der Waals surface area contributed by atoms with E-state index < -0.39 is 0 Å². The summed E-state index contributed by atoms with van der Waals surface area (Å²) in [5.41, 5.74) is 2.13. The first-order valence-electron chi connectivity index (χ1n) is 9.39. The van der Waals surface area contributed by atoms with Gasteiger partial charge in [0.15, 0.2) is 0 Å². The van der Waals surface area contributed by atoms with Crippen molar-refractivity contribution in [2.24, 2.45) is 0 Å². The van der Waals surface area contributed by atoms with E-state index in [0.29, 0.717) is 13.1 Å². The van der Waals surface area contributed by atoms with E-state index in [9.17, 15) is 4.79 Å². The number of carbonyl (C=O) groups is 1. The largest absolute Gasteiger partial charge is 0.348 e. The molecule has 1 amide bonds. The highest BCUT2D eigenvalue weighted by Gasteiger charge is 2.13. The normalized spacial score (nSPS) is 12.5. The molecule has 4 rings (SSSR count). The molecule has 4 aromatic rings. The number of aromatic nitrogens is 1. The number of carbonyl (C=O) groups excluding carboxylic acids is 1. The Balaban J connectivity index is 1.35. The lowest BCUT2D eigenvalue weighted by molar-refractivity contribution is -0.122. The Labute approximate surface area is 168 Å². The summed E-state index contributed by atoms with van der Waals surface area (Å²) in [5.74, 6) is 0.0178. The maximum Gasteiger partial charge on any atom is 0.234 e. The Kier molecular flexibility index (Phi) is 5.37. The van der Waals surface area contributed by atoms with Gasteiger partial charge in [0.2, 0.25) is 5.91 Å². The first-order valence-corrected chi connectivity index (χ1v) is 10.2. The highest BCUT2D eigenvalue weighted by molar-refractivity contribution is 7.18. The molecule has 1 heterocycles. The summed E-state index contributed by atoms with van der Waals surface area (Å²) in [6.07, 6.45) is 0. The molecule has 0 aliphatic carbocycles. The second-order valence-corrected chi connectivity index (χ2v) is 8.26. The quantitative estimate of drug-likeness (QED) is 0.517. The lowest BCUT2D eigenvalue weighted by atomic mass is 10.0. The molecular weight excluding hydrogens is 366 g/mol. The number of benzene rings is 3. The van der Waals surface area contributed by atoms with E-state index in [-0.39, 0.29) is 11.9 Å². The molecule has 0 bridgehead atoms. The molecule has 5 heteroatoms. The fraction of sp³-hybridized carbons (Fsp3) is 0.217. The van der Waals surface area contributed by atoms with Gasteiger partial charge in [-0.3, -0.25) is 9.69 Å². The molecule has 1 aromatic heterocycles. The van der Waals surface area contributed by atoms with E-state index in [1.165, 1.54) is 15.5 Å². The third kappa shape index (κ3) is 4.21. The number of para-hydroxylation sites is 1. The summed E-state index contributed by atoms with van der Waals surface area (Å²) in [6.45, 7) is 3.03. The zero-order valence-electron chi connectivity index (χ0n) is 16.1. The fourth-order valence-corrected chi connectivity index (χ4v) is 4.41. The van der Waals surface area contributed by atoms with Crippen molar-refractivity contribution >= 4 is 38.2 Å². The van der Waals surface area contributed by atoms with Gasteiger partial charge in [0.05, 0.1) is 29.3 Å². The number of nitrogens with one attached hydrogen (secondary N) is 1. The van der Waals surface area contributed by atoms with Crippen LogP contribution in [0.15, 0.2) is 66.7 Å². The topological polar surface area (TPSA) is 45.2 Å². The van der Waals surface area contributed by atoms with Gasteiger partial charge in [-0.2, -0.15) is 0 Å². The second kappa shape index (κ2) is 8.09. The van der Waals surface area contributed by atoms with Crippen molar-refractivity contribution in [1.29, 1.82) is 0 Å². The fourth-order valence-electron chi connectivity index (χ4n) is 3.37. The zero-order chi connectivity index (χ0) is 19.5. The van der Waals surface area contributed by atoms with Crippen LogP contribution in [0.3, 0.4) is 0 Å². The van der Waals surface area contributed by atoms with Crippen LogP contribution in [0.4, 0.5) is 0 Å². The minimum absolute atomic E-state index is 0.0178. The lowest BCUT2D eigenvalue weighted by Crippen LogP contribution is -2.36. The summed E-state index contributed by atoms with van der Waals surface area (Å²) in [5, 5.41) is 6.53. The standard InChI is InChI=1S/C23H23N3OS/c1-16(18-12-11-17-7-3-4-8-19(17)13-18)24-22(27)14-26(2)15-23-25-20-9-5-6-10-21(20)28-23/h3-13,16H,14-15H2,1-2H3,(H,24,27)/t16-/m1/s1. The van der Waals surface area contributed by atoms with Crippen LogP contribution in [0.2, 0.25) is 0 Å². The molecule has 142 valence electrons. The highest BCUT2D eigenvalue weighted by atomic mass is 32.1. The van der Waals surface area contributed by atoms with E-state index >= 15 is 0 Å². The average Bonchev–Trinajstić information content (AvgIpc) is 3.09. The monoisotopic (exact) mass is 389 g/mol. The molecule has 0 saturated carbocycles. The van der Waals surface area contributed by atoms with Crippen LogP contribution in [0, 0.1) is 0 Å². The summed E-state index contributed by atoms with van der Waals surface area (Å²) in [6, 6.07) is 22.7. The highest BCUT2D eigenvalue weighted by Crippen LogP contribution is 2.23. The molecular formula is C23H23N3OS. The summed E-state index contributed by atoms with van der Waals surface area (Å²) >= 11 is 1.68. The third-order valence-corrected chi connectivity index (χ3v) is 5.83. The molecule has 0 radical (unpaired) electrons. The zero-order valence-corrected chi connectivity index (χ0v) is 16.9. The Bertz CT molecular complexity index is 1090. The molecule has 0 aliphatic rings. The third-order valence-electron chi connectivity index (χ3n) is 4.81. The Hall–Kier alpha value is -2.76. The number of rotatable bonds is 6. The molecule has 1 atom stereocenters. The number of nitrogens with zero attached hydrogens (tertiary/aromatic N) is 2. The van der Waals surface area contributed by atoms with Crippen LogP contribution in [-0.4, -0.2) is 29.4 Å². The van der Waals surface area contributed by atoms with Crippen LogP contribution < -0.4 is 5.32 Å². The first-order chi connectivity index (χ1) is 13.6. The van der Waals surface area contributed by atoms with Gasteiger partial charge in [-0.05, 0) is 48.5 Å². The lowest BCUT2D eigenvalue weighted by Gasteiger charge is -2.19. The molecule has 0 saturated heterocycles. The minimum Gasteiger partial charge on any atom is -0.348 e. The van der Waals surface area contributed by atoms with Gasteiger partial charge in [-0.1, -0.05) is 48.5 Å². The SMILES string of the molecule is C[C@@H](NC(=O)CN(C)Cc1nc2ccccc2s1)c1ccc2ccccc2c1. The van der Waals surface area contributed by atoms with Crippen molar-refractivity contribution in [2.45, 2.75) is 19.5 Å². The van der Waals surface area contributed by atoms with Gasteiger partial charge >= 0.3 is 0 Å². The van der Waals surface area contributed by atoms with E-state index in [1.54, 1.807) is 11.3 Å². The van der Waals surface area contributed by atoms with Crippen molar-refractivity contribution in [3.63, 3.8) is 0 Å². The molecule has 1 N–H and O–H groups in total. The van der Waals surface area contributed by atoms with Crippen molar-refractivity contribution in [3.8, 4) is 0 Å². The molecule has 4 nitrogen and oxygen atoms in total. The number of thiazole rings is 1. The van der Waals surface area contributed by atoms with E-state index in [2.05, 4.69) is 46.7 Å². The molecule has 0 aliphatic heterocycles. The maximum absolute atomic E-state index is 12.5. The van der Waals surface area contributed by atoms with E-state index in [0.717, 1.165) is 16.1 Å². The van der Waals surface area contributed by atoms with E-state index in [1.807, 2.05) is 49.2 Å². The van der Waals surface area contributed by atoms with Crippen LogP contribution in [0.25, 0.3) is 21.0 Å². The second-order valence-electron chi connectivity index (χ2n) is 7.14. The predicted octanol–water partition coefficient (Wildman–Crippen LogP) is 4.76. The summed E-state index contributed by atoms with van der Waals surface area (Å²) in [7, 11) is 1.95. The summed E-state index contributed by atoms with van der Waals surface area (Å²) < 4.78 is 1.18. The van der Waals surface area contributed by atoms with Crippen LogP contribution >= 0.6 is 11.3 Å². The molecule has 0 unspecified atom stereocenters. The molecule has 0 spiro atoms. The van der Waals surface area contributed by atoms with Crippen molar-refractivity contribution < 1.29 is 4.79 Å². The first kappa shape index (κ1) is 18.6. The average molecular weight is 390 g/mol. The molecule has 3 aromatic carbocycles. The smallest absolute Gasteiger partial charge is 0.234 e. The van der Waals surface area contributed by atoms with Gasteiger partial charge in [-0.15, -0.1) is 11.3 Å². The molecule has 0 fully saturated rings. The number of amides is 1. The van der Waals surface area contributed by atoms with Gasteiger partial charge in [0.1, 0.15) is 5.01 Å². The van der Waals surface area contributed by atoms with Gasteiger partial charge < -0.3 is 5.32 Å². The number of fused-ring (bicyclic) bond motifs is 2. The number of hydrogen-bond acceptors (Lipinski definition) is 4. The van der Waals surface area contributed by atoms with Crippen molar-refractivity contribution in [2.75, 3.05) is 13.6 Å². The number of likely N-dealkylation sites (N-methyl/N-ethyl adjacent to an activating group) is 1. The van der Waals surface area contributed by atoms with Crippen LogP contribution in [0.1, 0.15) is 23.5 Å². The molecule has 28 heavy (non-hydrogen) atoms. The predicted molar refractivity (Wildman–Crippen MR) is 116 cm³/mol. The van der Waals surface area contributed by atoms with Crippen molar-refractivity contribution in [1.82, 2.24) is 15.2 Å². The summed E-state index contributed by atoms with van der Waals surface area (Å²) in [4.78, 5) is 19.1. The Morgan fingerprint density at radius 1 is 1.07 bits per heavy atom. The van der Waals surface area contributed by atoms with Gasteiger partial charge in [-0.25, -0.2) is 4.98 Å².